The number of nitrogens with one attached hydrogen (secondary N) is 3. The number of carbonyl (C=O) groups is 2. The molecule has 0 aliphatic carbocycles. The second-order valence-electron chi connectivity index (χ2n) is 7.16. The fraction of sp³-hybridized carbons (Fsp3) is 0.0435. The Morgan fingerprint density at radius 2 is 1.61 bits per heavy atom. The molecule has 0 unspecified atom stereocenters. The first kappa shape index (κ1) is 25.6. The number of anilines is 1. The number of halogens is 4. The molecule has 0 saturated carbocycles. The largest absolute Gasteiger partial charge is 0.454 e. The van der Waals surface area contributed by atoms with Gasteiger partial charge in [-0.1, -0.05) is 63.7 Å². The molecule has 3 amide bonds. The monoisotopic (exact) mass is 564 g/mol. The Morgan fingerprint density at radius 3 is 2.36 bits per heavy atom. The molecule has 9 nitrogen and oxygen atoms in total. The van der Waals surface area contributed by atoms with Gasteiger partial charge >= 0.3 is 6.03 Å². The number of aromatic nitrogens is 3. The third kappa shape index (κ3) is 6.58. The van der Waals surface area contributed by atoms with Crippen LogP contribution in [0.25, 0.3) is 5.69 Å². The van der Waals surface area contributed by atoms with Crippen molar-refractivity contribution in [1.82, 2.24) is 25.6 Å². The first-order valence-corrected chi connectivity index (χ1v) is 11.7. The van der Waals surface area contributed by atoms with E-state index in [4.69, 9.17) is 51.1 Å². The van der Waals surface area contributed by atoms with Crippen molar-refractivity contribution in [1.29, 1.82) is 0 Å². The average molecular weight is 566 g/mol. The molecule has 0 fully saturated rings. The molecule has 3 N–H and O–H groups in total. The molecule has 0 aliphatic rings. The van der Waals surface area contributed by atoms with Crippen LogP contribution in [0, 0.1) is 0 Å². The molecule has 13 heteroatoms. The summed E-state index contributed by atoms with van der Waals surface area (Å²) in [6, 6.07) is 15.9. The molecular formula is C23H16Cl4N6O3. The molecule has 1 aromatic heterocycles. The Morgan fingerprint density at radius 1 is 0.861 bits per heavy atom. The Kier molecular flexibility index (Phi) is 8.17. The smallest absolute Gasteiger partial charge is 0.320 e. The summed E-state index contributed by atoms with van der Waals surface area (Å²) in [4.78, 5) is 24.5. The van der Waals surface area contributed by atoms with E-state index in [1.165, 1.54) is 29.1 Å². The minimum Gasteiger partial charge on any atom is -0.454 e. The van der Waals surface area contributed by atoms with E-state index in [2.05, 4.69) is 26.3 Å². The lowest BCUT2D eigenvalue weighted by Gasteiger charge is -2.11. The standard InChI is InChI=1S/C23H16Cl4N6O3/c24-13-5-6-20(17(27)10-13)36-21-4-2-1-3-19(21)33-11-18(31-32-33)22(34)28-12-29-23(35)30-16-8-14(25)7-15(26)9-16/h1-11H,12H2,(H,28,34)(H2,29,30,35). The second kappa shape index (κ2) is 11.5. The quantitative estimate of drug-likeness (QED) is 0.232. The van der Waals surface area contributed by atoms with Crippen LogP contribution in [0.1, 0.15) is 10.5 Å². The van der Waals surface area contributed by atoms with Gasteiger partial charge in [0.05, 0.1) is 17.9 Å². The van der Waals surface area contributed by atoms with Gasteiger partial charge in [-0.2, -0.15) is 0 Å². The van der Waals surface area contributed by atoms with Gasteiger partial charge in [-0.15, -0.1) is 5.10 Å². The summed E-state index contributed by atoms with van der Waals surface area (Å²) in [5, 5.41) is 17.1. The number of rotatable bonds is 7. The van der Waals surface area contributed by atoms with Crippen molar-refractivity contribution in [3.63, 3.8) is 0 Å². The number of benzene rings is 3. The molecule has 3 aromatic carbocycles. The summed E-state index contributed by atoms with van der Waals surface area (Å²) >= 11 is 24.0. The number of urea groups is 1. The maximum atomic E-state index is 12.5. The first-order valence-electron chi connectivity index (χ1n) is 10.2. The van der Waals surface area contributed by atoms with Crippen molar-refractivity contribution < 1.29 is 14.3 Å². The van der Waals surface area contributed by atoms with Crippen LogP contribution in [-0.2, 0) is 0 Å². The van der Waals surface area contributed by atoms with E-state index in [9.17, 15) is 9.59 Å². The van der Waals surface area contributed by atoms with E-state index in [-0.39, 0.29) is 12.4 Å². The van der Waals surface area contributed by atoms with Gasteiger partial charge in [0.25, 0.3) is 5.91 Å². The highest BCUT2D eigenvalue weighted by molar-refractivity contribution is 6.36. The molecule has 184 valence electrons. The molecule has 4 aromatic rings. The van der Waals surface area contributed by atoms with Crippen LogP contribution in [0.2, 0.25) is 20.1 Å². The van der Waals surface area contributed by atoms with Crippen LogP contribution in [-0.4, -0.2) is 33.6 Å². The van der Waals surface area contributed by atoms with Gasteiger partial charge in [0.2, 0.25) is 0 Å². The second-order valence-corrected chi connectivity index (χ2v) is 8.88. The van der Waals surface area contributed by atoms with Crippen molar-refractivity contribution >= 4 is 64.0 Å². The van der Waals surface area contributed by atoms with Gasteiger partial charge in [-0.05, 0) is 48.5 Å². The predicted molar refractivity (Wildman–Crippen MR) is 139 cm³/mol. The molecule has 4 rings (SSSR count). The lowest BCUT2D eigenvalue weighted by Crippen LogP contribution is -2.39. The lowest BCUT2D eigenvalue weighted by atomic mass is 10.3. The third-order valence-electron chi connectivity index (χ3n) is 4.57. The van der Waals surface area contributed by atoms with Gasteiger partial charge in [0.15, 0.2) is 11.4 Å². The summed E-state index contributed by atoms with van der Waals surface area (Å²) in [6.07, 6.45) is 1.43. The Labute approximate surface area is 225 Å². The number of nitrogens with zero attached hydrogens (tertiary/aromatic N) is 3. The number of hydrogen-bond acceptors (Lipinski definition) is 5. The zero-order valence-electron chi connectivity index (χ0n) is 18.1. The predicted octanol–water partition coefficient (Wildman–Crippen LogP) is 6.18. The number of ether oxygens (including phenoxy) is 1. The molecule has 0 radical (unpaired) electrons. The highest BCUT2D eigenvalue weighted by atomic mass is 35.5. The van der Waals surface area contributed by atoms with Crippen molar-refractivity contribution in [3.05, 3.63) is 92.6 Å². The lowest BCUT2D eigenvalue weighted by molar-refractivity contribution is 0.0947. The van der Waals surface area contributed by atoms with E-state index < -0.39 is 11.9 Å². The minimum atomic E-state index is -0.566. The summed E-state index contributed by atoms with van der Waals surface area (Å²) in [5.41, 5.74) is 0.950. The van der Waals surface area contributed by atoms with Crippen molar-refractivity contribution in [2.75, 3.05) is 12.0 Å². The fourth-order valence-electron chi connectivity index (χ4n) is 2.99. The zero-order chi connectivity index (χ0) is 25.7. The van der Waals surface area contributed by atoms with E-state index in [1.807, 2.05) is 0 Å². The van der Waals surface area contributed by atoms with Gasteiger partial charge in [-0.3, -0.25) is 4.79 Å². The first-order chi connectivity index (χ1) is 17.3. The average Bonchev–Trinajstić information content (AvgIpc) is 3.31. The molecule has 0 aliphatic heterocycles. The number of hydrogen-bond donors (Lipinski definition) is 3. The van der Waals surface area contributed by atoms with Crippen molar-refractivity contribution in [2.45, 2.75) is 0 Å². The Hall–Kier alpha value is -3.50. The van der Waals surface area contributed by atoms with Gasteiger partial charge < -0.3 is 20.7 Å². The van der Waals surface area contributed by atoms with E-state index in [0.29, 0.717) is 43.0 Å². The van der Waals surface area contributed by atoms with Crippen LogP contribution in [0.15, 0.2) is 66.9 Å². The van der Waals surface area contributed by atoms with E-state index in [1.54, 1.807) is 42.5 Å². The third-order valence-corrected chi connectivity index (χ3v) is 5.54. The molecular weight excluding hydrogens is 550 g/mol. The Balaban J connectivity index is 1.37. The Bertz CT molecular complexity index is 1410. The van der Waals surface area contributed by atoms with Crippen LogP contribution >= 0.6 is 46.4 Å². The number of para-hydroxylation sites is 2. The highest BCUT2D eigenvalue weighted by Gasteiger charge is 2.15. The fourth-order valence-corrected chi connectivity index (χ4v) is 3.96. The van der Waals surface area contributed by atoms with Crippen LogP contribution < -0.4 is 20.7 Å². The normalized spacial score (nSPS) is 10.6. The SMILES string of the molecule is O=C(NCNC(=O)c1cn(-c2ccccc2Oc2ccc(Cl)cc2Cl)nn1)Nc1cc(Cl)cc(Cl)c1. The van der Waals surface area contributed by atoms with Crippen molar-refractivity contribution in [3.8, 4) is 17.2 Å². The zero-order valence-corrected chi connectivity index (χ0v) is 21.2. The maximum Gasteiger partial charge on any atom is 0.320 e. The molecule has 0 spiro atoms. The molecule has 36 heavy (non-hydrogen) atoms. The van der Waals surface area contributed by atoms with Gasteiger partial charge in [-0.25, -0.2) is 9.48 Å². The summed E-state index contributed by atoms with van der Waals surface area (Å²) in [7, 11) is 0. The van der Waals surface area contributed by atoms with E-state index in [0.717, 1.165) is 0 Å². The maximum absolute atomic E-state index is 12.5. The molecule has 0 bridgehead atoms. The van der Waals surface area contributed by atoms with Gasteiger partial charge in [0.1, 0.15) is 11.4 Å². The van der Waals surface area contributed by atoms with E-state index >= 15 is 0 Å². The summed E-state index contributed by atoms with van der Waals surface area (Å²) in [5.74, 6) is 0.278. The molecule has 0 saturated heterocycles. The molecule has 0 atom stereocenters. The number of carbonyl (C=O) groups excluding carboxylic acids is 2. The molecule has 1 heterocycles. The van der Waals surface area contributed by atoms with Crippen LogP contribution in [0.5, 0.6) is 11.5 Å². The summed E-state index contributed by atoms with van der Waals surface area (Å²) in [6.45, 7) is -0.166. The topological polar surface area (TPSA) is 110 Å². The van der Waals surface area contributed by atoms with Gasteiger partial charge in [0, 0.05) is 20.8 Å². The van der Waals surface area contributed by atoms with Crippen LogP contribution in [0.3, 0.4) is 0 Å². The summed E-state index contributed by atoms with van der Waals surface area (Å²) < 4.78 is 7.31. The number of amides is 3. The van der Waals surface area contributed by atoms with Crippen LogP contribution in [0.4, 0.5) is 10.5 Å². The highest BCUT2D eigenvalue weighted by Crippen LogP contribution is 2.34. The van der Waals surface area contributed by atoms with Crippen molar-refractivity contribution in [2.24, 2.45) is 0 Å². The minimum absolute atomic E-state index is 0.0261.